The Labute approximate surface area is 59.1 Å². The Kier molecular flexibility index (Phi) is 1.01. The summed E-state index contributed by atoms with van der Waals surface area (Å²) in [7, 11) is 0. The van der Waals surface area contributed by atoms with Crippen LogP contribution in [0.2, 0.25) is 0 Å². The van der Waals surface area contributed by atoms with Crippen molar-refractivity contribution in [3.05, 3.63) is 36.3 Å². The molecule has 0 spiro atoms. The Hall–Kier alpha value is -1.31. The lowest BCUT2D eigenvalue weighted by molar-refractivity contribution is 1.11. The van der Waals surface area contributed by atoms with Gasteiger partial charge in [0, 0.05) is 18.1 Å². The number of fused-ring (bicyclic) bond motifs is 1. The maximum absolute atomic E-state index is 4.15. The van der Waals surface area contributed by atoms with Gasteiger partial charge in [-0.05, 0) is 25.1 Å². The zero-order chi connectivity index (χ0) is 6.97. The van der Waals surface area contributed by atoms with Crippen LogP contribution in [0.1, 0.15) is 5.69 Å². The molecule has 2 aromatic heterocycles. The second-order valence-corrected chi connectivity index (χ2v) is 2.25. The standard InChI is InChI=1S/C8H7N2/c1-7-6-9-8-4-2-3-5-10(7)8/h3-6H,1H3. The van der Waals surface area contributed by atoms with E-state index in [4.69, 9.17) is 0 Å². The number of nitrogens with zero attached hydrogens (tertiary/aromatic N) is 2. The fourth-order valence-electron chi connectivity index (χ4n) is 1.01. The number of hydrogen-bond donors (Lipinski definition) is 0. The molecular weight excluding hydrogens is 124 g/mol. The molecule has 2 heterocycles. The van der Waals surface area contributed by atoms with E-state index < -0.39 is 0 Å². The van der Waals surface area contributed by atoms with Gasteiger partial charge in [0.1, 0.15) is 5.65 Å². The average Bonchev–Trinajstić information content (AvgIpc) is 2.34. The molecule has 0 atom stereocenters. The lowest BCUT2D eigenvalue weighted by Gasteiger charge is -1.91. The minimum absolute atomic E-state index is 0.958. The molecule has 0 N–H and O–H groups in total. The van der Waals surface area contributed by atoms with E-state index in [2.05, 4.69) is 11.1 Å². The third-order valence-electron chi connectivity index (χ3n) is 1.54. The van der Waals surface area contributed by atoms with E-state index in [1.54, 1.807) is 0 Å². The molecule has 0 amide bonds. The topological polar surface area (TPSA) is 17.3 Å². The van der Waals surface area contributed by atoms with Crippen LogP contribution < -0.4 is 0 Å². The molecule has 2 aromatic rings. The predicted molar refractivity (Wildman–Crippen MR) is 38.8 cm³/mol. The zero-order valence-electron chi connectivity index (χ0n) is 5.70. The highest BCUT2D eigenvalue weighted by Gasteiger charge is 1.93. The van der Waals surface area contributed by atoms with Crippen LogP contribution >= 0.6 is 0 Å². The van der Waals surface area contributed by atoms with Crippen LogP contribution in [-0.2, 0) is 0 Å². The van der Waals surface area contributed by atoms with Crippen molar-refractivity contribution in [1.82, 2.24) is 9.38 Å². The van der Waals surface area contributed by atoms with Crippen molar-refractivity contribution in [2.45, 2.75) is 6.92 Å². The molecule has 0 saturated carbocycles. The number of hydrogen-bond acceptors (Lipinski definition) is 1. The third kappa shape index (κ3) is 0.620. The number of pyridine rings is 1. The summed E-state index contributed by atoms with van der Waals surface area (Å²) in [5.74, 6) is 0. The van der Waals surface area contributed by atoms with Gasteiger partial charge >= 0.3 is 0 Å². The Morgan fingerprint density at radius 2 is 2.50 bits per heavy atom. The molecule has 0 bridgehead atoms. The summed E-state index contributed by atoms with van der Waals surface area (Å²) in [4.78, 5) is 4.15. The van der Waals surface area contributed by atoms with Gasteiger partial charge in [0.25, 0.3) is 0 Å². The lowest BCUT2D eigenvalue weighted by atomic mass is 10.4. The summed E-state index contributed by atoms with van der Waals surface area (Å²) >= 11 is 0. The molecular formula is C8H7N2. The van der Waals surface area contributed by atoms with Crippen molar-refractivity contribution in [3.8, 4) is 0 Å². The summed E-state index contributed by atoms with van der Waals surface area (Å²) in [6, 6.07) is 6.71. The van der Waals surface area contributed by atoms with E-state index >= 15 is 0 Å². The first-order chi connectivity index (χ1) is 4.88. The Bertz CT molecular complexity index is 349. The summed E-state index contributed by atoms with van der Waals surface area (Å²) in [5, 5.41) is 0. The third-order valence-corrected chi connectivity index (χ3v) is 1.54. The van der Waals surface area contributed by atoms with E-state index in [-0.39, 0.29) is 0 Å². The molecule has 2 nitrogen and oxygen atoms in total. The molecule has 10 heavy (non-hydrogen) atoms. The van der Waals surface area contributed by atoms with Crippen LogP contribution in [0.5, 0.6) is 0 Å². The van der Waals surface area contributed by atoms with E-state index in [1.807, 2.05) is 35.9 Å². The quantitative estimate of drug-likeness (QED) is 0.529. The first-order valence-electron chi connectivity index (χ1n) is 3.18. The van der Waals surface area contributed by atoms with Gasteiger partial charge in [-0.15, -0.1) is 0 Å². The highest BCUT2D eigenvalue weighted by molar-refractivity contribution is 5.38. The smallest absolute Gasteiger partial charge is 0.137 e. The summed E-state index contributed by atoms with van der Waals surface area (Å²) in [5.41, 5.74) is 2.11. The van der Waals surface area contributed by atoms with Gasteiger partial charge < -0.3 is 4.40 Å². The van der Waals surface area contributed by atoms with Gasteiger partial charge in [0.15, 0.2) is 0 Å². The average molecular weight is 131 g/mol. The van der Waals surface area contributed by atoms with Crippen LogP contribution in [0, 0.1) is 13.0 Å². The van der Waals surface area contributed by atoms with Gasteiger partial charge in [-0.25, -0.2) is 4.98 Å². The summed E-state index contributed by atoms with van der Waals surface area (Å²) in [6.45, 7) is 2.03. The molecule has 2 rings (SSSR count). The first kappa shape index (κ1) is 5.47. The van der Waals surface area contributed by atoms with Crippen molar-refractivity contribution in [3.63, 3.8) is 0 Å². The fourth-order valence-corrected chi connectivity index (χ4v) is 1.01. The van der Waals surface area contributed by atoms with Crippen LogP contribution in [0.15, 0.2) is 24.5 Å². The number of rotatable bonds is 0. The molecule has 49 valence electrons. The molecule has 0 unspecified atom stereocenters. The number of imidazole rings is 1. The van der Waals surface area contributed by atoms with Gasteiger partial charge in [-0.2, -0.15) is 0 Å². The Morgan fingerprint density at radius 3 is 3.30 bits per heavy atom. The first-order valence-corrected chi connectivity index (χ1v) is 3.18. The van der Waals surface area contributed by atoms with E-state index in [0.717, 1.165) is 11.3 Å². The van der Waals surface area contributed by atoms with Crippen molar-refractivity contribution in [2.24, 2.45) is 0 Å². The highest BCUT2D eigenvalue weighted by Crippen LogP contribution is 2.02. The molecule has 0 aliphatic heterocycles. The Balaban J connectivity index is 2.93. The normalized spacial score (nSPS) is 10.5. The van der Waals surface area contributed by atoms with Crippen LogP contribution in [0.4, 0.5) is 0 Å². The molecule has 0 aliphatic rings. The summed E-state index contributed by atoms with van der Waals surface area (Å²) in [6.07, 6.45) is 3.81. The molecule has 0 aromatic carbocycles. The minimum Gasteiger partial charge on any atom is -0.304 e. The minimum atomic E-state index is 0.958. The molecule has 0 saturated heterocycles. The van der Waals surface area contributed by atoms with E-state index in [1.165, 1.54) is 0 Å². The maximum Gasteiger partial charge on any atom is 0.137 e. The van der Waals surface area contributed by atoms with Crippen molar-refractivity contribution < 1.29 is 0 Å². The molecule has 1 radical (unpaired) electrons. The van der Waals surface area contributed by atoms with Gasteiger partial charge in [0.2, 0.25) is 0 Å². The fraction of sp³-hybridized carbons (Fsp3) is 0.125. The number of aromatic nitrogens is 2. The molecule has 0 aliphatic carbocycles. The van der Waals surface area contributed by atoms with Crippen LogP contribution in [0.3, 0.4) is 0 Å². The van der Waals surface area contributed by atoms with Crippen molar-refractivity contribution >= 4 is 5.65 Å². The lowest BCUT2D eigenvalue weighted by Crippen LogP contribution is -1.83. The predicted octanol–water partition coefficient (Wildman–Crippen LogP) is 1.44. The Morgan fingerprint density at radius 1 is 1.60 bits per heavy atom. The van der Waals surface area contributed by atoms with Crippen LogP contribution in [0.25, 0.3) is 5.65 Å². The van der Waals surface area contributed by atoms with Crippen molar-refractivity contribution in [2.75, 3.05) is 0 Å². The van der Waals surface area contributed by atoms with Gasteiger partial charge in [0.05, 0.1) is 0 Å². The maximum atomic E-state index is 4.15. The molecule has 2 heteroatoms. The number of aryl methyl sites for hydroxylation is 1. The highest BCUT2D eigenvalue weighted by atomic mass is 15.0. The van der Waals surface area contributed by atoms with Crippen LogP contribution in [-0.4, -0.2) is 9.38 Å². The zero-order valence-corrected chi connectivity index (χ0v) is 5.70. The van der Waals surface area contributed by atoms with E-state index in [9.17, 15) is 0 Å². The van der Waals surface area contributed by atoms with Crippen molar-refractivity contribution in [1.29, 1.82) is 0 Å². The van der Waals surface area contributed by atoms with E-state index in [0.29, 0.717) is 0 Å². The monoisotopic (exact) mass is 131 g/mol. The summed E-state index contributed by atoms with van der Waals surface area (Å²) < 4.78 is 2.02. The second kappa shape index (κ2) is 1.84. The second-order valence-electron chi connectivity index (χ2n) is 2.25. The molecule has 0 fully saturated rings. The van der Waals surface area contributed by atoms with Gasteiger partial charge in [-0.1, -0.05) is 0 Å². The van der Waals surface area contributed by atoms with Gasteiger partial charge in [-0.3, -0.25) is 0 Å². The largest absolute Gasteiger partial charge is 0.304 e. The SMILES string of the molecule is Cc1cnc2c[c]ccn12.